The zero-order valence-electron chi connectivity index (χ0n) is 17.6. The van der Waals surface area contributed by atoms with Gasteiger partial charge in [-0.15, -0.1) is 0 Å². The molecular weight excluding hydrogens is 436 g/mol. The maximum absolute atomic E-state index is 13.1. The summed E-state index contributed by atoms with van der Waals surface area (Å²) in [6.45, 7) is 5.45. The smallest absolute Gasteiger partial charge is 0.262 e. The molecule has 0 bridgehead atoms. The summed E-state index contributed by atoms with van der Waals surface area (Å²) in [6.07, 6.45) is 0. The van der Waals surface area contributed by atoms with Gasteiger partial charge in [0.15, 0.2) is 0 Å². The predicted octanol–water partition coefficient (Wildman–Crippen LogP) is 5.33. The number of nitrogens with one attached hydrogen (secondary N) is 2. The number of rotatable bonds is 6. The average Bonchev–Trinajstić information content (AvgIpc) is 2.70. The van der Waals surface area contributed by atoms with Crippen molar-refractivity contribution in [2.45, 2.75) is 25.7 Å². The van der Waals surface area contributed by atoms with Gasteiger partial charge in [0.2, 0.25) is 0 Å². The molecule has 162 valence electrons. The fraction of sp³-hybridized carbons (Fsp3) is 0.174. The van der Waals surface area contributed by atoms with Crippen molar-refractivity contribution in [3.8, 4) is 5.75 Å². The molecule has 3 aromatic rings. The molecule has 0 saturated heterocycles. The molecule has 0 saturated carbocycles. The van der Waals surface area contributed by atoms with E-state index in [4.69, 9.17) is 16.3 Å². The molecule has 2 N–H and O–H groups in total. The largest absolute Gasteiger partial charge is 0.495 e. The Labute approximate surface area is 187 Å². The Balaban J connectivity index is 1.92. The van der Waals surface area contributed by atoms with E-state index in [0.717, 1.165) is 11.1 Å². The van der Waals surface area contributed by atoms with Gasteiger partial charge >= 0.3 is 0 Å². The maximum atomic E-state index is 13.1. The fourth-order valence-corrected chi connectivity index (χ4v) is 4.71. The van der Waals surface area contributed by atoms with Crippen LogP contribution in [0.3, 0.4) is 0 Å². The van der Waals surface area contributed by atoms with Crippen LogP contribution in [-0.4, -0.2) is 21.4 Å². The number of ether oxygens (including phenoxy) is 1. The van der Waals surface area contributed by atoms with E-state index in [1.54, 1.807) is 43.3 Å². The van der Waals surface area contributed by atoms with Gasteiger partial charge < -0.3 is 10.1 Å². The first-order chi connectivity index (χ1) is 14.6. The number of benzene rings is 3. The molecule has 0 spiro atoms. The highest BCUT2D eigenvalue weighted by molar-refractivity contribution is 7.92. The van der Waals surface area contributed by atoms with Crippen LogP contribution >= 0.6 is 11.6 Å². The lowest BCUT2D eigenvalue weighted by atomic mass is 10.1. The number of amides is 1. The summed E-state index contributed by atoms with van der Waals surface area (Å²) in [6, 6.07) is 14.8. The van der Waals surface area contributed by atoms with Gasteiger partial charge in [0, 0.05) is 10.6 Å². The summed E-state index contributed by atoms with van der Waals surface area (Å²) in [4.78, 5) is 12.8. The Hall–Kier alpha value is -3.03. The van der Waals surface area contributed by atoms with Crippen LogP contribution in [0.1, 0.15) is 27.0 Å². The number of anilines is 2. The highest BCUT2D eigenvalue weighted by atomic mass is 35.5. The molecule has 0 fully saturated rings. The third kappa shape index (κ3) is 5.18. The average molecular weight is 459 g/mol. The second-order valence-corrected chi connectivity index (χ2v) is 9.29. The molecule has 0 aromatic heterocycles. The third-order valence-electron chi connectivity index (χ3n) is 4.78. The van der Waals surface area contributed by atoms with Crippen LogP contribution in [-0.2, 0) is 10.0 Å². The molecule has 0 radical (unpaired) electrons. The minimum absolute atomic E-state index is 0.0261. The van der Waals surface area contributed by atoms with Crippen molar-refractivity contribution in [2.24, 2.45) is 0 Å². The molecule has 0 unspecified atom stereocenters. The summed E-state index contributed by atoms with van der Waals surface area (Å²) in [5.41, 5.74) is 3.43. The van der Waals surface area contributed by atoms with Crippen LogP contribution in [0.25, 0.3) is 0 Å². The van der Waals surface area contributed by atoms with Crippen LogP contribution < -0.4 is 14.8 Å². The number of hydrogen-bond acceptors (Lipinski definition) is 4. The Morgan fingerprint density at radius 1 is 0.903 bits per heavy atom. The van der Waals surface area contributed by atoms with E-state index in [9.17, 15) is 13.2 Å². The van der Waals surface area contributed by atoms with Gasteiger partial charge in [0.1, 0.15) is 5.75 Å². The number of halogens is 1. The van der Waals surface area contributed by atoms with E-state index in [2.05, 4.69) is 10.0 Å². The van der Waals surface area contributed by atoms with Gasteiger partial charge in [-0.2, -0.15) is 0 Å². The molecule has 1 amide bonds. The number of aryl methyl sites for hydroxylation is 3. The standard InChI is InChI=1S/C23H23ClN2O4S/c1-14-5-9-19(16(3)11-14)26-31(28,29)22-12-17(7-6-15(22)2)23(27)25-20-13-18(24)8-10-21(20)30-4/h5-13,26H,1-4H3,(H,25,27). The van der Waals surface area contributed by atoms with Crippen molar-refractivity contribution in [1.29, 1.82) is 0 Å². The predicted molar refractivity (Wildman–Crippen MR) is 124 cm³/mol. The molecule has 0 heterocycles. The monoisotopic (exact) mass is 458 g/mol. The van der Waals surface area contributed by atoms with Gasteiger partial charge in [-0.3, -0.25) is 9.52 Å². The summed E-state index contributed by atoms with van der Waals surface area (Å²) >= 11 is 6.01. The minimum Gasteiger partial charge on any atom is -0.495 e. The molecule has 3 aromatic carbocycles. The van der Waals surface area contributed by atoms with Crippen molar-refractivity contribution < 1.29 is 17.9 Å². The Morgan fingerprint density at radius 2 is 1.65 bits per heavy atom. The van der Waals surface area contributed by atoms with Crippen LogP contribution in [0.2, 0.25) is 5.02 Å². The lowest BCUT2D eigenvalue weighted by Crippen LogP contribution is -2.18. The number of methoxy groups -OCH3 is 1. The first-order valence-corrected chi connectivity index (χ1v) is 11.3. The second-order valence-electron chi connectivity index (χ2n) is 7.20. The van der Waals surface area contributed by atoms with Gasteiger partial charge in [0.25, 0.3) is 15.9 Å². The summed E-state index contributed by atoms with van der Waals surface area (Å²) in [5.74, 6) is -0.0437. The first kappa shape index (κ1) is 22.7. The molecule has 8 heteroatoms. The highest BCUT2D eigenvalue weighted by Crippen LogP contribution is 2.29. The lowest BCUT2D eigenvalue weighted by molar-refractivity contribution is 0.102. The van der Waals surface area contributed by atoms with Crippen LogP contribution in [0.5, 0.6) is 5.75 Å². The van der Waals surface area contributed by atoms with E-state index in [1.165, 1.54) is 13.2 Å². The molecule has 0 aliphatic heterocycles. The molecule has 6 nitrogen and oxygen atoms in total. The quantitative estimate of drug-likeness (QED) is 0.523. The normalized spacial score (nSPS) is 11.1. The topological polar surface area (TPSA) is 84.5 Å². The number of sulfonamides is 1. The Kier molecular flexibility index (Phi) is 6.57. The third-order valence-corrected chi connectivity index (χ3v) is 6.52. The van der Waals surface area contributed by atoms with E-state index in [-0.39, 0.29) is 10.5 Å². The lowest BCUT2D eigenvalue weighted by Gasteiger charge is -2.14. The maximum Gasteiger partial charge on any atom is 0.262 e. The van der Waals surface area contributed by atoms with Crippen molar-refractivity contribution in [3.05, 3.63) is 81.9 Å². The van der Waals surface area contributed by atoms with Gasteiger partial charge in [-0.05, 0) is 68.3 Å². The second kappa shape index (κ2) is 8.99. The fourth-order valence-electron chi connectivity index (χ4n) is 3.13. The number of carbonyl (C=O) groups excluding carboxylic acids is 1. The SMILES string of the molecule is COc1ccc(Cl)cc1NC(=O)c1ccc(C)c(S(=O)(=O)Nc2ccc(C)cc2C)c1. The first-order valence-electron chi connectivity index (χ1n) is 9.46. The zero-order valence-corrected chi connectivity index (χ0v) is 19.2. The van der Waals surface area contributed by atoms with E-state index >= 15 is 0 Å². The zero-order chi connectivity index (χ0) is 22.8. The van der Waals surface area contributed by atoms with Gasteiger partial charge in [-0.25, -0.2) is 8.42 Å². The number of carbonyl (C=O) groups is 1. The molecule has 3 rings (SSSR count). The Morgan fingerprint density at radius 3 is 2.32 bits per heavy atom. The highest BCUT2D eigenvalue weighted by Gasteiger charge is 2.21. The number of hydrogen-bond donors (Lipinski definition) is 2. The van der Waals surface area contributed by atoms with E-state index in [1.807, 2.05) is 26.0 Å². The van der Waals surface area contributed by atoms with Crippen LogP contribution in [0.15, 0.2) is 59.5 Å². The van der Waals surface area contributed by atoms with Crippen molar-refractivity contribution in [3.63, 3.8) is 0 Å². The summed E-state index contributed by atoms with van der Waals surface area (Å²) < 4.78 is 34.0. The van der Waals surface area contributed by atoms with Crippen LogP contribution in [0.4, 0.5) is 11.4 Å². The van der Waals surface area contributed by atoms with Gasteiger partial charge in [0.05, 0.1) is 23.4 Å². The van der Waals surface area contributed by atoms with Gasteiger partial charge in [-0.1, -0.05) is 35.4 Å². The van der Waals surface area contributed by atoms with Crippen molar-refractivity contribution in [2.75, 3.05) is 17.1 Å². The molecular formula is C23H23ClN2O4S. The minimum atomic E-state index is -3.90. The molecule has 31 heavy (non-hydrogen) atoms. The Bertz CT molecular complexity index is 1260. The summed E-state index contributed by atoms with van der Waals surface area (Å²) in [5, 5.41) is 3.15. The van der Waals surface area contributed by atoms with E-state index in [0.29, 0.717) is 27.7 Å². The van der Waals surface area contributed by atoms with Crippen molar-refractivity contribution in [1.82, 2.24) is 0 Å². The molecule has 0 aliphatic carbocycles. The summed E-state index contributed by atoms with van der Waals surface area (Å²) in [7, 11) is -2.42. The molecule has 0 aliphatic rings. The molecule has 0 atom stereocenters. The van der Waals surface area contributed by atoms with Crippen molar-refractivity contribution >= 4 is 38.9 Å². The van der Waals surface area contributed by atoms with E-state index < -0.39 is 15.9 Å². The van der Waals surface area contributed by atoms with Crippen LogP contribution in [0, 0.1) is 20.8 Å².